The van der Waals surface area contributed by atoms with Gasteiger partial charge in [0, 0.05) is 24.4 Å². The van der Waals surface area contributed by atoms with Crippen LogP contribution in [0, 0.1) is 13.8 Å². The lowest BCUT2D eigenvalue weighted by Crippen LogP contribution is -2.39. The van der Waals surface area contributed by atoms with Crippen molar-refractivity contribution in [2.45, 2.75) is 46.6 Å². The smallest absolute Gasteiger partial charge is 0.239 e. The van der Waals surface area contributed by atoms with Crippen LogP contribution >= 0.6 is 0 Å². The minimum atomic E-state index is -0.294. The van der Waals surface area contributed by atoms with E-state index < -0.39 is 0 Å². The molecule has 0 radical (unpaired) electrons. The molecule has 1 rings (SSSR count). The van der Waals surface area contributed by atoms with Crippen LogP contribution in [-0.2, 0) is 9.59 Å². The summed E-state index contributed by atoms with van der Waals surface area (Å²) in [5.41, 5.74) is 2.58. The monoisotopic (exact) mass is 304 g/mol. The second kappa shape index (κ2) is 8.32. The lowest BCUT2D eigenvalue weighted by molar-refractivity contribution is -0.126. The average Bonchev–Trinajstić information content (AvgIpc) is 2.44. The minimum absolute atomic E-state index is 0.0373. The van der Waals surface area contributed by atoms with Gasteiger partial charge in [-0.05, 0) is 39.3 Å². The fourth-order valence-corrected chi connectivity index (χ4v) is 2.04. The molecule has 0 heterocycles. The second-order valence-corrected chi connectivity index (χ2v) is 5.74. The van der Waals surface area contributed by atoms with Gasteiger partial charge < -0.3 is 10.6 Å². The molecule has 0 fully saturated rings. The first-order chi connectivity index (χ1) is 10.3. The number of carbonyl (C=O) groups is 3. The van der Waals surface area contributed by atoms with E-state index in [2.05, 4.69) is 10.6 Å². The van der Waals surface area contributed by atoms with Crippen molar-refractivity contribution >= 4 is 17.6 Å². The van der Waals surface area contributed by atoms with E-state index >= 15 is 0 Å². The summed E-state index contributed by atoms with van der Waals surface area (Å²) in [4.78, 5) is 35.2. The number of nitrogens with one attached hydrogen (secondary N) is 2. The normalized spacial score (nSPS) is 10.4. The number of hydrogen-bond donors (Lipinski definition) is 2. The predicted molar refractivity (Wildman–Crippen MR) is 85.8 cm³/mol. The molecule has 0 atom stereocenters. The van der Waals surface area contributed by atoms with Crippen LogP contribution in [0.25, 0.3) is 0 Å². The molecular weight excluding hydrogens is 280 g/mol. The molecule has 0 bridgehead atoms. The van der Waals surface area contributed by atoms with Crippen molar-refractivity contribution in [3.63, 3.8) is 0 Å². The molecule has 0 aliphatic rings. The summed E-state index contributed by atoms with van der Waals surface area (Å²) < 4.78 is 0. The van der Waals surface area contributed by atoms with Gasteiger partial charge in [0.15, 0.2) is 5.78 Å². The quantitative estimate of drug-likeness (QED) is 0.756. The summed E-state index contributed by atoms with van der Waals surface area (Å²) in [6.45, 7) is 7.44. The summed E-state index contributed by atoms with van der Waals surface area (Å²) in [7, 11) is 0. The van der Waals surface area contributed by atoms with Crippen LogP contribution in [0.2, 0.25) is 0 Å². The van der Waals surface area contributed by atoms with E-state index in [0.29, 0.717) is 5.56 Å². The Hall–Kier alpha value is -2.17. The number of rotatable bonds is 7. The third-order valence-corrected chi connectivity index (χ3v) is 3.17. The molecule has 0 aromatic heterocycles. The first-order valence-corrected chi connectivity index (χ1v) is 7.46. The molecule has 1 aromatic carbocycles. The largest absolute Gasteiger partial charge is 0.352 e. The third-order valence-electron chi connectivity index (χ3n) is 3.17. The SMILES string of the molecule is Cc1ccc(C)c(C(=O)CCC(=O)NCC(=O)NC(C)C)c1. The van der Waals surface area contributed by atoms with E-state index in [4.69, 9.17) is 0 Å². The maximum atomic E-state index is 12.1. The zero-order valence-corrected chi connectivity index (χ0v) is 13.7. The molecule has 2 N–H and O–H groups in total. The summed E-state index contributed by atoms with van der Waals surface area (Å²) in [5.74, 6) is -0.579. The highest BCUT2D eigenvalue weighted by molar-refractivity contribution is 5.99. The Kier molecular flexibility index (Phi) is 6.76. The first-order valence-electron chi connectivity index (χ1n) is 7.46. The Balaban J connectivity index is 2.42. The van der Waals surface area contributed by atoms with E-state index in [0.717, 1.165) is 11.1 Å². The zero-order chi connectivity index (χ0) is 16.7. The summed E-state index contributed by atoms with van der Waals surface area (Å²) in [5, 5.41) is 5.20. The molecule has 0 spiro atoms. The topological polar surface area (TPSA) is 75.3 Å². The van der Waals surface area contributed by atoms with Gasteiger partial charge in [0.1, 0.15) is 0 Å². The standard InChI is InChI=1S/C17H24N2O3/c1-11(2)19-17(22)10-18-16(21)8-7-15(20)14-9-12(3)5-6-13(14)4/h5-6,9,11H,7-8,10H2,1-4H3,(H,18,21)(H,19,22). The van der Waals surface area contributed by atoms with Crippen LogP contribution in [0.3, 0.4) is 0 Å². The summed E-state index contributed by atoms with van der Waals surface area (Å²) in [6, 6.07) is 5.73. The molecule has 22 heavy (non-hydrogen) atoms. The van der Waals surface area contributed by atoms with Crippen molar-refractivity contribution in [2.24, 2.45) is 0 Å². The number of amides is 2. The van der Waals surface area contributed by atoms with Gasteiger partial charge in [0.25, 0.3) is 0 Å². The Morgan fingerprint density at radius 3 is 2.36 bits per heavy atom. The molecule has 5 nitrogen and oxygen atoms in total. The Bertz CT molecular complexity index is 565. The molecule has 0 aliphatic heterocycles. The highest BCUT2D eigenvalue weighted by atomic mass is 16.2. The maximum Gasteiger partial charge on any atom is 0.239 e. The van der Waals surface area contributed by atoms with Gasteiger partial charge in [-0.15, -0.1) is 0 Å². The molecule has 5 heteroatoms. The predicted octanol–water partition coefficient (Wildman–Crippen LogP) is 1.91. The molecule has 1 aromatic rings. The zero-order valence-electron chi connectivity index (χ0n) is 13.7. The number of hydrogen-bond acceptors (Lipinski definition) is 3. The van der Waals surface area contributed by atoms with E-state index in [-0.39, 0.29) is 43.0 Å². The van der Waals surface area contributed by atoms with E-state index in [1.54, 1.807) is 0 Å². The molecular formula is C17H24N2O3. The van der Waals surface area contributed by atoms with Gasteiger partial charge in [-0.2, -0.15) is 0 Å². The Morgan fingerprint density at radius 1 is 1.05 bits per heavy atom. The molecule has 0 aliphatic carbocycles. The Labute approximate surface area is 131 Å². The van der Waals surface area contributed by atoms with Crippen LogP contribution in [0.15, 0.2) is 18.2 Å². The van der Waals surface area contributed by atoms with Crippen LogP contribution < -0.4 is 10.6 Å². The molecule has 2 amide bonds. The minimum Gasteiger partial charge on any atom is -0.352 e. The molecule has 0 unspecified atom stereocenters. The number of carbonyl (C=O) groups excluding carboxylic acids is 3. The molecule has 0 saturated heterocycles. The number of ketones is 1. The van der Waals surface area contributed by atoms with Gasteiger partial charge in [0.05, 0.1) is 6.54 Å². The summed E-state index contributed by atoms with van der Waals surface area (Å²) >= 11 is 0. The van der Waals surface area contributed by atoms with Crippen molar-refractivity contribution in [1.82, 2.24) is 10.6 Å². The van der Waals surface area contributed by atoms with Gasteiger partial charge >= 0.3 is 0 Å². The van der Waals surface area contributed by atoms with E-state index in [9.17, 15) is 14.4 Å². The van der Waals surface area contributed by atoms with Crippen LogP contribution in [0.4, 0.5) is 0 Å². The lowest BCUT2D eigenvalue weighted by Gasteiger charge is -2.09. The highest BCUT2D eigenvalue weighted by Crippen LogP contribution is 2.13. The van der Waals surface area contributed by atoms with Crippen molar-refractivity contribution in [3.8, 4) is 0 Å². The van der Waals surface area contributed by atoms with Crippen molar-refractivity contribution in [3.05, 3.63) is 34.9 Å². The highest BCUT2D eigenvalue weighted by Gasteiger charge is 2.12. The van der Waals surface area contributed by atoms with Crippen LogP contribution in [-0.4, -0.2) is 30.2 Å². The van der Waals surface area contributed by atoms with E-state index in [1.165, 1.54) is 0 Å². The lowest BCUT2D eigenvalue weighted by atomic mass is 9.99. The fraction of sp³-hybridized carbons (Fsp3) is 0.471. The number of benzene rings is 1. The second-order valence-electron chi connectivity index (χ2n) is 5.74. The Morgan fingerprint density at radius 2 is 1.73 bits per heavy atom. The average molecular weight is 304 g/mol. The summed E-state index contributed by atoms with van der Waals surface area (Å²) in [6.07, 6.45) is 0.225. The van der Waals surface area contributed by atoms with Gasteiger partial charge in [-0.1, -0.05) is 17.7 Å². The van der Waals surface area contributed by atoms with E-state index in [1.807, 2.05) is 45.9 Å². The van der Waals surface area contributed by atoms with Crippen molar-refractivity contribution < 1.29 is 14.4 Å². The van der Waals surface area contributed by atoms with Crippen LogP contribution in [0.5, 0.6) is 0 Å². The maximum absolute atomic E-state index is 12.1. The fourth-order valence-electron chi connectivity index (χ4n) is 2.04. The number of Topliss-reactive ketones (excluding diaryl/α,β-unsaturated/α-hetero) is 1. The number of aryl methyl sites for hydroxylation is 2. The molecule has 0 saturated carbocycles. The van der Waals surface area contributed by atoms with Crippen molar-refractivity contribution in [1.29, 1.82) is 0 Å². The molecule has 120 valence electrons. The van der Waals surface area contributed by atoms with Crippen LogP contribution in [0.1, 0.15) is 48.2 Å². The first kappa shape index (κ1) is 17.9. The third kappa shape index (κ3) is 6.08. The van der Waals surface area contributed by atoms with Gasteiger partial charge in [-0.25, -0.2) is 0 Å². The van der Waals surface area contributed by atoms with Gasteiger partial charge in [-0.3, -0.25) is 14.4 Å². The van der Waals surface area contributed by atoms with Gasteiger partial charge in [0.2, 0.25) is 11.8 Å². The van der Waals surface area contributed by atoms with Crippen molar-refractivity contribution in [2.75, 3.05) is 6.54 Å².